The van der Waals surface area contributed by atoms with E-state index in [1.807, 2.05) is 0 Å². The smallest absolute Gasteiger partial charge is 0.142 e. The zero-order valence-corrected chi connectivity index (χ0v) is 15.1. The maximum absolute atomic E-state index is 6.95. The molecule has 2 saturated heterocycles. The summed E-state index contributed by atoms with van der Waals surface area (Å²) in [7, 11) is 2.27. The molecule has 0 aromatic heterocycles. The highest BCUT2D eigenvalue weighted by atomic mass is 32.2. The molecule has 2 aliphatic heterocycles. The maximum atomic E-state index is 6.95. The molecule has 0 radical (unpaired) electrons. The molecule has 3 aliphatic rings. The van der Waals surface area contributed by atoms with Crippen LogP contribution in [0.2, 0.25) is 0 Å². The third-order valence-electron chi connectivity index (χ3n) is 6.11. The van der Waals surface area contributed by atoms with E-state index in [1.165, 1.54) is 57.1 Å². The molecule has 126 valence electrons. The first-order valence-corrected chi connectivity index (χ1v) is 10.4. The van der Waals surface area contributed by atoms with Crippen molar-refractivity contribution in [2.45, 2.75) is 62.0 Å². The van der Waals surface area contributed by atoms with Gasteiger partial charge in [-0.2, -0.15) is 0 Å². The molecule has 0 bridgehead atoms. The van der Waals surface area contributed by atoms with Crippen molar-refractivity contribution in [2.75, 3.05) is 19.3 Å². The van der Waals surface area contributed by atoms with Gasteiger partial charge < -0.3 is 9.64 Å². The summed E-state index contributed by atoms with van der Waals surface area (Å²) in [5.41, 5.74) is 1.40. The Morgan fingerprint density at radius 2 is 1.83 bits per heavy atom. The van der Waals surface area contributed by atoms with Crippen molar-refractivity contribution in [3.05, 3.63) is 35.9 Å². The SMILES string of the molecule is CN1CCC[C@H]1[C@H]1CS[C@](c2ccccc2)(C2CCCCC2)O1. The monoisotopic (exact) mass is 331 g/mol. The Hall–Kier alpha value is -0.510. The lowest BCUT2D eigenvalue weighted by atomic mass is 9.82. The molecule has 0 N–H and O–H groups in total. The molecule has 1 aromatic carbocycles. The van der Waals surface area contributed by atoms with Crippen LogP contribution in [0.3, 0.4) is 0 Å². The molecular formula is C20H29NOS. The van der Waals surface area contributed by atoms with Gasteiger partial charge in [0, 0.05) is 17.7 Å². The molecule has 3 fully saturated rings. The lowest BCUT2D eigenvalue weighted by Crippen LogP contribution is -2.41. The summed E-state index contributed by atoms with van der Waals surface area (Å²) in [5, 5.41) is 0. The fourth-order valence-electron chi connectivity index (χ4n) is 4.85. The lowest BCUT2D eigenvalue weighted by molar-refractivity contribution is -0.0781. The van der Waals surface area contributed by atoms with Crippen molar-refractivity contribution < 1.29 is 4.74 Å². The van der Waals surface area contributed by atoms with E-state index in [9.17, 15) is 0 Å². The summed E-state index contributed by atoms with van der Waals surface area (Å²) < 4.78 is 6.95. The first-order valence-electron chi connectivity index (χ1n) is 9.37. The fraction of sp³-hybridized carbons (Fsp3) is 0.700. The van der Waals surface area contributed by atoms with E-state index in [-0.39, 0.29) is 4.93 Å². The van der Waals surface area contributed by atoms with Gasteiger partial charge in [0.15, 0.2) is 0 Å². The minimum absolute atomic E-state index is 0.0875. The van der Waals surface area contributed by atoms with E-state index in [0.29, 0.717) is 18.1 Å². The molecule has 0 amide bonds. The Morgan fingerprint density at radius 3 is 2.52 bits per heavy atom. The van der Waals surface area contributed by atoms with E-state index in [2.05, 4.69) is 54.0 Å². The van der Waals surface area contributed by atoms with Crippen LogP contribution < -0.4 is 0 Å². The second-order valence-corrected chi connectivity index (χ2v) is 8.75. The molecule has 23 heavy (non-hydrogen) atoms. The molecular weight excluding hydrogens is 302 g/mol. The maximum Gasteiger partial charge on any atom is 0.142 e. The van der Waals surface area contributed by atoms with Gasteiger partial charge in [0.25, 0.3) is 0 Å². The van der Waals surface area contributed by atoms with E-state index in [4.69, 9.17) is 4.74 Å². The number of likely N-dealkylation sites (N-methyl/N-ethyl adjacent to an activating group) is 1. The van der Waals surface area contributed by atoms with Crippen molar-refractivity contribution in [1.29, 1.82) is 0 Å². The number of likely N-dealkylation sites (tertiary alicyclic amines) is 1. The topological polar surface area (TPSA) is 12.5 Å². The quantitative estimate of drug-likeness (QED) is 0.800. The molecule has 1 aliphatic carbocycles. The number of nitrogens with zero attached hydrogens (tertiary/aromatic N) is 1. The van der Waals surface area contributed by atoms with Gasteiger partial charge in [0.05, 0.1) is 6.10 Å². The molecule has 2 nitrogen and oxygen atoms in total. The van der Waals surface area contributed by atoms with Gasteiger partial charge in [-0.05, 0) is 44.8 Å². The Balaban J connectivity index is 1.62. The van der Waals surface area contributed by atoms with E-state index >= 15 is 0 Å². The van der Waals surface area contributed by atoms with Crippen LogP contribution in [-0.2, 0) is 9.67 Å². The standard InChI is InChI=1S/C20H29NOS/c1-21-14-8-13-18(21)19-15-23-20(22-19,16-9-4-2-5-10-16)17-11-6-3-7-12-17/h2,4-5,9-10,17-19H,3,6-8,11-15H2,1H3/t18-,19+,20+/m0/s1. The van der Waals surface area contributed by atoms with Crippen LogP contribution in [0.5, 0.6) is 0 Å². The van der Waals surface area contributed by atoms with Crippen LogP contribution in [0.1, 0.15) is 50.5 Å². The zero-order chi connectivity index (χ0) is 15.7. The largest absolute Gasteiger partial charge is 0.354 e. The average Bonchev–Trinajstić information content (AvgIpc) is 3.23. The van der Waals surface area contributed by atoms with Crippen LogP contribution in [0.4, 0.5) is 0 Å². The lowest BCUT2D eigenvalue weighted by Gasteiger charge is -2.40. The van der Waals surface area contributed by atoms with Crippen LogP contribution in [-0.4, -0.2) is 36.4 Å². The molecule has 0 spiro atoms. The molecule has 3 atom stereocenters. The predicted octanol–water partition coefficient (Wildman–Crippen LogP) is 4.65. The van der Waals surface area contributed by atoms with Crippen molar-refractivity contribution in [3.8, 4) is 0 Å². The minimum Gasteiger partial charge on any atom is -0.354 e. The van der Waals surface area contributed by atoms with Crippen molar-refractivity contribution in [2.24, 2.45) is 5.92 Å². The van der Waals surface area contributed by atoms with E-state index in [0.717, 1.165) is 5.75 Å². The number of benzene rings is 1. The molecule has 3 heteroatoms. The van der Waals surface area contributed by atoms with Crippen LogP contribution >= 0.6 is 11.8 Å². The molecule has 1 aromatic rings. The van der Waals surface area contributed by atoms with Gasteiger partial charge in [-0.25, -0.2) is 0 Å². The number of thioether (sulfide) groups is 1. The molecule has 0 unspecified atom stereocenters. The van der Waals surface area contributed by atoms with E-state index in [1.54, 1.807) is 0 Å². The number of ether oxygens (including phenoxy) is 1. The second kappa shape index (κ2) is 6.78. The summed E-state index contributed by atoms with van der Waals surface area (Å²) in [5.74, 6) is 1.83. The third kappa shape index (κ3) is 2.96. The van der Waals surface area contributed by atoms with Crippen LogP contribution in [0.15, 0.2) is 30.3 Å². The van der Waals surface area contributed by atoms with Crippen molar-refractivity contribution >= 4 is 11.8 Å². The third-order valence-corrected chi connectivity index (χ3v) is 7.70. The Morgan fingerprint density at radius 1 is 1.04 bits per heavy atom. The first kappa shape index (κ1) is 16.0. The van der Waals surface area contributed by atoms with Crippen LogP contribution in [0, 0.1) is 5.92 Å². The highest BCUT2D eigenvalue weighted by Crippen LogP contribution is 2.55. The first-order chi connectivity index (χ1) is 11.3. The molecule has 2 heterocycles. The summed E-state index contributed by atoms with van der Waals surface area (Å²) >= 11 is 2.10. The normalized spacial score (nSPS) is 36.6. The predicted molar refractivity (Wildman–Crippen MR) is 97.7 cm³/mol. The Bertz CT molecular complexity index is 516. The zero-order valence-electron chi connectivity index (χ0n) is 14.2. The van der Waals surface area contributed by atoms with Crippen LogP contribution in [0.25, 0.3) is 0 Å². The second-order valence-electron chi connectivity index (χ2n) is 7.53. The number of rotatable bonds is 3. The van der Waals surface area contributed by atoms with Crippen molar-refractivity contribution in [3.63, 3.8) is 0 Å². The Labute approximate surface area is 145 Å². The summed E-state index contributed by atoms with van der Waals surface area (Å²) in [6.45, 7) is 1.23. The molecule has 1 saturated carbocycles. The highest BCUT2D eigenvalue weighted by molar-refractivity contribution is 8.00. The van der Waals surface area contributed by atoms with E-state index < -0.39 is 0 Å². The van der Waals surface area contributed by atoms with Gasteiger partial charge in [0.1, 0.15) is 4.93 Å². The van der Waals surface area contributed by atoms with Crippen molar-refractivity contribution in [1.82, 2.24) is 4.90 Å². The minimum atomic E-state index is -0.0875. The average molecular weight is 332 g/mol. The highest BCUT2D eigenvalue weighted by Gasteiger charge is 2.51. The number of hydrogen-bond donors (Lipinski definition) is 0. The fourth-order valence-corrected chi connectivity index (χ4v) is 6.52. The summed E-state index contributed by atoms with van der Waals surface area (Å²) in [6.07, 6.45) is 9.83. The summed E-state index contributed by atoms with van der Waals surface area (Å²) in [4.78, 5) is 2.43. The molecule has 4 rings (SSSR count). The van der Waals surface area contributed by atoms with Gasteiger partial charge in [-0.3, -0.25) is 0 Å². The summed E-state index contributed by atoms with van der Waals surface area (Å²) in [6, 6.07) is 11.7. The van der Waals surface area contributed by atoms with Gasteiger partial charge in [-0.15, -0.1) is 11.8 Å². The van der Waals surface area contributed by atoms with Gasteiger partial charge in [0.2, 0.25) is 0 Å². The number of hydrogen-bond acceptors (Lipinski definition) is 3. The van der Waals surface area contributed by atoms with Gasteiger partial charge >= 0.3 is 0 Å². The van der Waals surface area contributed by atoms with Gasteiger partial charge in [-0.1, -0.05) is 49.6 Å². The Kier molecular flexibility index (Phi) is 4.71.